The molecule has 1 N–H and O–H groups in total. The van der Waals surface area contributed by atoms with Gasteiger partial charge in [0.25, 0.3) is 0 Å². The maximum atomic E-state index is 12.1. The van der Waals surface area contributed by atoms with E-state index < -0.39 is 6.10 Å². The van der Waals surface area contributed by atoms with Crippen LogP contribution >= 0.6 is 11.3 Å². The molecule has 18 heavy (non-hydrogen) atoms. The molecule has 2 aromatic rings. The lowest BCUT2D eigenvalue weighted by atomic mass is 9.91. The molecule has 0 bridgehead atoms. The van der Waals surface area contributed by atoms with E-state index in [1.54, 1.807) is 18.2 Å². The van der Waals surface area contributed by atoms with Crippen molar-refractivity contribution in [3.8, 4) is 0 Å². The minimum Gasteiger partial charge on any atom is -0.384 e. The van der Waals surface area contributed by atoms with E-state index in [0.717, 1.165) is 5.56 Å². The summed E-state index contributed by atoms with van der Waals surface area (Å²) < 4.78 is 0. The molecule has 1 heterocycles. The van der Waals surface area contributed by atoms with Gasteiger partial charge in [-0.3, -0.25) is 4.79 Å². The van der Waals surface area contributed by atoms with Crippen molar-refractivity contribution in [2.75, 3.05) is 0 Å². The second kappa shape index (κ2) is 5.76. The molecule has 3 heteroatoms. The van der Waals surface area contributed by atoms with Crippen LogP contribution in [0.1, 0.15) is 21.2 Å². The number of rotatable bonds is 5. The topological polar surface area (TPSA) is 37.3 Å². The molecule has 1 aromatic heterocycles. The molecule has 0 spiro atoms. The van der Waals surface area contributed by atoms with Crippen molar-refractivity contribution >= 4 is 17.1 Å². The van der Waals surface area contributed by atoms with Gasteiger partial charge in [0.2, 0.25) is 5.78 Å². The first kappa shape index (κ1) is 12.7. The predicted molar refractivity (Wildman–Crippen MR) is 74.0 cm³/mol. The molecule has 0 amide bonds. The molecule has 0 fully saturated rings. The van der Waals surface area contributed by atoms with Crippen LogP contribution in [0.25, 0.3) is 0 Å². The third-order valence-electron chi connectivity index (χ3n) is 2.81. The Hall–Kier alpha value is -1.71. The van der Waals surface area contributed by atoms with Gasteiger partial charge >= 0.3 is 0 Å². The number of carbonyl (C=O) groups is 1. The largest absolute Gasteiger partial charge is 0.384 e. The fraction of sp³-hybridized carbons (Fsp3) is 0.133. The van der Waals surface area contributed by atoms with Crippen molar-refractivity contribution in [3.63, 3.8) is 0 Å². The minimum absolute atomic E-state index is 0.251. The van der Waals surface area contributed by atoms with Crippen LogP contribution in [0.2, 0.25) is 0 Å². The van der Waals surface area contributed by atoms with Gasteiger partial charge in [-0.2, -0.15) is 0 Å². The van der Waals surface area contributed by atoms with E-state index in [9.17, 15) is 9.90 Å². The number of aliphatic hydroxyl groups excluding tert-OH is 1. The van der Waals surface area contributed by atoms with Gasteiger partial charge in [0.1, 0.15) is 6.10 Å². The molecule has 0 aliphatic rings. The van der Waals surface area contributed by atoms with Gasteiger partial charge in [-0.05, 0) is 17.0 Å². The average molecular weight is 258 g/mol. The van der Waals surface area contributed by atoms with Gasteiger partial charge in [-0.15, -0.1) is 17.9 Å². The van der Waals surface area contributed by atoms with E-state index in [0.29, 0.717) is 4.88 Å². The van der Waals surface area contributed by atoms with Crippen LogP contribution in [0.3, 0.4) is 0 Å². The lowest BCUT2D eigenvalue weighted by Crippen LogP contribution is -2.26. The normalized spacial score (nSPS) is 13.8. The van der Waals surface area contributed by atoms with Crippen molar-refractivity contribution in [1.29, 1.82) is 0 Å². The van der Waals surface area contributed by atoms with E-state index in [1.165, 1.54) is 11.3 Å². The summed E-state index contributed by atoms with van der Waals surface area (Å²) in [6, 6.07) is 13.0. The minimum atomic E-state index is -1.08. The molecule has 2 nitrogen and oxygen atoms in total. The van der Waals surface area contributed by atoms with Crippen LogP contribution < -0.4 is 0 Å². The molecule has 0 aliphatic carbocycles. The smallest absolute Gasteiger partial charge is 0.202 e. The molecule has 0 aliphatic heterocycles. The molecular formula is C15H14O2S. The van der Waals surface area contributed by atoms with E-state index in [1.807, 2.05) is 35.7 Å². The zero-order chi connectivity index (χ0) is 13.0. The van der Waals surface area contributed by atoms with Crippen molar-refractivity contribution < 1.29 is 9.90 Å². The summed E-state index contributed by atoms with van der Waals surface area (Å²) in [6.45, 7) is 3.71. The standard InChI is InChI=1S/C15H14O2S/c1-2-12(11-7-4-3-5-8-11)14(16)15(17)13-9-6-10-18-13/h2-10,12,14,16H,1H2/t12-,14+/m1/s1. The Bertz CT molecular complexity index is 517. The number of carbonyl (C=O) groups excluding carboxylic acids is 1. The monoisotopic (exact) mass is 258 g/mol. The summed E-state index contributed by atoms with van der Waals surface area (Å²) in [6.07, 6.45) is 0.537. The first-order valence-corrected chi connectivity index (χ1v) is 6.55. The van der Waals surface area contributed by atoms with E-state index in [4.69, 9.17) is 0 Å². The van der Waals surface area contributed by atoms with Gasteiger partial charge in [0, 0.05) is 5.92 Å². The molecule has 0 unspecified atom stereocenters. The Morgan fingerprint density at radius 2 is 1.94 bits per heavy atom. The Labute approximate surface area is 110 Å². The Morgan fingerprint density at radius 1 is 1.22 bits per heavy atom. The molecule has 0 saturated heterocycles. The second-order valence-corrected chi connectivity index (χ2v) is 4.91. The first-order valence-electron chi connectivity index (χ1n) is 5.67. The number of aliphatic hydroxyl groups is 1. The highest BCUT2D eigenvalue weighted by molar-refractivity contribution is 7.12. The number of Topliss-reactive ketones (excluding diaryl/α,β-unsaturated/α-hetero) is 1. The van der Waals surface area contributed by atoms with Gasteiger partial charge < -0.3 is 5.11 Å². The van der Waals surface area contributed by atoms with E-state index in [2.05, 4.69) is 6.58 Å². The van der Waals surface area contributed by atoms with Crippen molar-refractivity contribution in [2.24, 2.45) is 0 Å². The fourth-order valence-electron chi connectivity index (χ4n) is 1.85. The maximum Gasteiger partial charge on any atom is 0.202 e. The average Bonchev–Trinajstić information content (AvgIpc) is 2.94. The highest BCUT2D eigenvalue weighted by Crippen LogP contribution is 2.24. The zero-order valence-corrected chi connectivity index (χ0v) is 10.6. The van der Waals surface area contributed by atoms with E-state index in [-0.39, 0.29) is 11.7 Å². The molecule has 1 aromatic carbocycles. The number of hydrogen-bond donors (Lipinski definition) is 1. The summed E-state index contributed by atoms with van der Waals surface area (Å²) in [4.78, 5) is 12.7. The predicted octanol–water partition coefficient (Wildman–Crippen LogP) is 3.26. The Kier molecular flexibility index (Phi) is 4.07. The fourth-order valence-corrected chi connectivity index (χ4v) is 2.55. The van der Waals surface area contributed by atoms with Gasteiger partial charge in [0.05, 0.1) is 4.88 Å². The maximum absolute atomic E-state index is 12.1. The van der Waals surface area contributed by atoms with Crippen molar-refractivity contribution in [2.45, 2.75) is 12.0 Å². The van der Waals surface area contributed by atoms with Gasteiger partial charge in [0.15, 0.2) is 0 Å². The molecule has 2 rings (SSSR count). The van der Waals surface area contributed by atoms with Crippen LogP contribution in [-0.2, 0) is 0 Å². The lowest BCUT2D eigenvalue weighted by molar-refractivity contribution is 0.0724. The van der Waals surface area contributed by atoms with Crippen LogP contribution in [-0.4, -0.2) is 17.0 Å². The molecule has 0 saturated carbocycles. The summed E-state index contributed by atoms with van der Waals surface area (Å²) in [7, 11) is 0. The van der Waals surface area contributed by atoms with Crippen LogP contribution in [0.5, 0.6) is 0 Å². The third kappa shape index (κ3) is 2.58. The van der Waals surface area contributed by atoms with Gasteiger partial charge in [-0.1, -0.05) is 42.5 Å². The highest BCUT2D eigenvalue weighted by atomic mass is 32.1. The Balaban J connectivity index is 2.24. The molecule has 92 valence electrons. The summed E-state index contributed by atoms with van der Waals surface area (Å²) in [5, 5.41) is 12.0. The van der Waals surface area contributed by atoms with Crippen molar-refractivity contribution in [3.05, 3.63) is 70.9 Å². The number of ketones is 1. The van der Waals surface area contributed by atoms with Crippen LogP contribution in [0.4, 0.5) is 0 Å². The highest BCUT2D eigenvalue weighted by Gasteiger charge is 2.26. The summed E-state index contributed by atoms with van der Waals surface area (Å²) in [5.74, 6) is -0.625. The SMILES string of the molecule is C=C[C@H](c1ccccc1)[C@H](O)C(=O)c1cccs1. The summed E-state index contributed by atoms with van der Waals surface area (Å²) in [5.41, 5.74) is 0.893. The number of hydrogen-bond acceptors (Lipinski definition) is 3. The zero-order valence-electron chi connectivity index (χ0n) is 9.82. The third-order valence-corrected chi connectivity index (χ3v) is 3.70. The van der Waals surface area contributed by atoms with Crippen LogP contribution in [0.15, 0.2) is 60.5 Å². The number of thiophene rings is 1. The quantitative estimate of drug-likeness (QED) is 0.660. The first-order chi connectivity index (χ1) is 8.74. The molecular weight excluding hydrogens is 244 g/mol. The second-order valence-electron chi connectivity index (χ2n) is 3.96. The van der Waals surface area contributed by atoms with Gasteiger partial charge in [-0.25, -0.2) is 0 Å². The van der Waals surface area contributed by atoms with Crippen molar-refractivity contribution in [1.82, 2.24) is 0 Å². The van der Waals surface area contributed by atoms with E-state index >= 15 is 0 Å². The Morgan fingerprint density at radius 3 is 2.50 bits per heavy atom. The lowest BCUT2D eigenvalue weighted by Gasteiger charge is -2.18. The summed E-state index contributed by atoms with van der Waals surface area (Å²) >= 11 is 1.34. The molecule has 2 atom stereocenters. The van der Waals surface area contributed by atoms with Crippen LogP contribution in [0, 0.1) is 0 Å². The number of benzene rings is 1. The molecule has 0 radical (unpaired) electrons.